The normalized spacial score (nSPS) is 10.6. The highest BCUT2D eigenvalue weighted by Crippen LogP contribution is 2.20. The smallest absolute Gasteiger partial charge is 0.276 e. The molecule has 0 aliphatic heterocycles. The first-order chi connectivity index (χ1) is 8.02. The van der Waals surface area contributed by atoms with Crippen LogP contribution in [0, 0.1) is 10.1 Å². The number of hydrogen-bond acceptors (Lipinski definition) is 5. The van der Waals surface area contributed by atoms with Gasteiger partial charge in [-0.1, -0.05) is 18.5 Å². The summed E-state index contributed by atoms with van der Waals surface area (Å²) in [5.74, 6) is 0.425. The summed E-state index contributed by atoms with van der Waals surface area (Å²) in [5.41, 5.74) is -0.0589. The standard InChI is InChI=1S/C10H15ClN4O2/c1-3-14(2)5-4-12-10-7-8(15(16)17)6-9(11)13-10/h6-7H,3-5H2,1-2H3,(H,12,13). The Hall–Kier alpha value is -1.40. The monoisotopic (exact) mass is 258 g/mol. The maximum atomic E-state index is 10.6. The molecule has 6 nitrogen and oxygen atoms in total. The van der Waals surface area contributed by atoms with Crippen molar-refractivity contribution in [2.45, 2.75) is 6.92 Å². The molecule has 0 amide bonds. The summed E-state index contributed by atoms with van der Waals surface area (Å²) in [7, 11) is 2.00. The first-order valence-electron chi connectivity index (χ1n) is 5.27. The topological polar surface area (TPSA) is 71.3 Å². The second kappa shape index (κ2) is 6.36. The predicted molar refractivity (Wildman–Crippen MR) is 67.6 cm³/mol. The van der Waals surface area contributed by atoms with Crippen molar-refractivity contribution >= 4 is 23.1 Å². The van der Waals surface area contributed by atoms with Gasteiger partial charge < -0.3 is 10.2 Å². The molecule has 0 atom stereocenters. The van der Waals surface area contributed by atoms with Crippen molar-refractivity contribution in [3.05, 3.63) is 27.4 Å². The van der Waals surface area contributed by atoms with Crippen LogP contribution in [-0.2, 0) is 0 Å². The van der Waals surface area contributed by atoms with Crippen LogP contribution in [0.25, 0.3) is 0 Å². The minimum absolute atomic E-state index is 0.0589. The number of hydrogen-bond donors (Lipinski definition) is 1. The zero-order valence-corrected chi connectivity index (χ0v) is 10.6. The van der Waals surface area contributed by atoms with Crippen molar-refractivity contribution < 1.29 is 4.92 Å². The van der Waals surface area contributed by atoms with E-state index in [-0.39, 0.29) is 10.8 Å². The van der Waals surface area contributed by atoms with Gasteiger partial charge in [0, 0.05) is 13.1 Å². The zero-order chi connectivity index (χ0) is 12.8. The summed E-state index contributed by atoms with van der Waals surface area (Å²) >= 11 is 5.70. The summed E-state index contributed by atoms with van der Waals surface area (Å²) in [6.45, 7) is 4.50. The SMILES string of the molecule is CCN(C)CCNc1cc([N+](=O)[O-])cc(Cl)n1. The highest BCUT2D eigenvalue weighted by molar-refractivity contribution is 6.29. The van der Waals surface area contributed by atoms with E-state index in [1.165, 1.54) is 12.1 Å². The van der Waals surface area contributed by atoms with Crippen LogP contribution in [0.2, 0.25) is 5.15 Å². The van der Waals surface area contributed by atoms with Gasteiger partial charge in [-0.05, 0) is 13.6 Å². The molecule has 0 radical (unpaired) electrons. The Morgan fingerprint density at radius 3 is 2.88 bits per heavy atom. The predicted octanol–water partition coefficient (Wildman–Crippen LogP) is 2.01. The first-order valence-corrected chi connectivity index (χ1v) is 5.65. The maximum absolute atomic E-state index is 10.6. The van der Waals surface area contributed by atoms with Gasteiger partial charge >= 0.3 is 0 Å². The molecule has 0 aliphatic rings. The minimum Gasteiger partial charge on any atom is -0.369 e. The first kappa shape index (κ1) is 13.7. The van der Waals surface area contributed by atoms with E-state index in [2.05, 4.69) is 22.1 Å². The van der Waals surface area contributed by atoms with Crippen molar-refractivity contribution in [1.29, 1.82) is 0 Å². The average Bonchev–Trinajstić information content (AvgIpc) is 2.28. The van der Waals surface area contributed by atoms with Gasteiger partial charge in [0.25, 0.3) is 5.69 Å². The number of anilines is 1. The Morgan fingerprint density at radius 1 is 1.59 bits per heavy atom. The minimum atomic E-state index is -0.489. The van der Waals surface area contributed by atoms with Crippen LogP contribution in [-0.4, -0.2) is 41.5 Å². The molecule has 0 spiro atoms. The van der Waals surface area contributed by atoms with E-state index in [0.29, 0.717) is 12.4 Å². The summed E-state index contributed by atoms with van der Waals surface area (Å²) in [6, 6.07) is 2.60. The molecule has 0 fully saturated rings. The third kappa shape index (κ3) is 4.54. The van der Waals surface area contributed by atoms with Crippen LogP contribution in [0.3, 0.4) is 0 Å². The molecule has 0 saturated carbocycles. The molecule has 94 valence electrons. The lowest BCUT2D eigenvalue weighted by atomic mass is 10.4. The summed E-state index contributed by atoms with van der Waals surface area (Å²) in [6.07, 6.45) is 0. The second-order valence-electron chi connectivity index (χ2n) is 3.61. The van der Waals surface area contributed by atoms with E-state index >= 15 is 0 Å². The molecule has 1 aromatic heterocycles. The van der Waals surface area contributed by atoms with Gasteiger partial charge in [-0.15, -0.1) is 0 Å². The van der Waals surface area contributed by atoms with E-state index in [0.717, 1.165) is 13.1 Å². The highest BCUT2D eigenvalue weighted by atomic mass is 35.5. The number of aromatic nitrogens is 1. The third-order valence-corrected chi connectivity index (χ3v) is 2.52. The second-order valence-corrected chi connectivity index (χ2v) is 4.00. The molecule has 0 aromatic carbocycles. The molecule has 0 unspecified atom stereocenters. The Kier molecular flexibility index (Phi) is 5.11. The van der Waals surface area contributed by atoms with Crippen molar-refractivity contribution in [3.8, 4) is 0 Å². The molecule has 1 rings (SSSR count). The van der Waals surface area contributed by atoms with Gasteiger partial charge in [-0.2, -0.15) is 0 Å². The maximum Gasteiger partial charge on any atom is 0.276 e. The molecule has 0 bridgehead atoms. The quantitative estimate of drug-likeness (QED) is 0.480. The van der Waals surface area contributed by atoms with Crippen molar-refractivity contribution in [2.75, 3.05) is 32.0 Å². The summed E-state index contributed by atoms with van der Waals surface area (Å²) in [4.78, 5) is 16.2. The molecule has 1 aromatic rings. The van der Waals surface area contributed by atoms with Crippen LogP contribution < -0.4 is 5.32 Å². The molecule has 0 aliphatic carbocycles. The van der Waals surface area contributed by atoms with E-state index in [4.69, 9.17) is 11.6 Å². The fourth-order valence-electron chi connectivity index (χ4n) is 1.21. The number of nitro groups is 1. The number of pyridine rings is 1. The fourth-order valence-corrected chi connectivity index (χ4v) is 1.42. The fraction of sp³-hybridized carbons (Fsp3) is 0.500. The Balaban J connectivity index is 2.62. The largest absolute Gasteiger partial charge is 0.369 e. The molecule has 17 heavy (non-hydrogen) atoms. The van der Waals surface area contributed by atoms with E-state index in [9.17, 15) is 10.1 Å². The lowest BCUT2D eigenvalue weighted by molar-refractivity contribution is -0.384. The number of nitrogens with one attached hydrogen (secondary N) is 1. The van der Waals surface area contributed by atoms with Crippen LogP contribution in [0.1, 0.15) is 6.92 Å². The zero-order valence-electron chi connectivity index (χ0n) is 9.81. The van der Waals surface area contributed by atoms with Gasteiger partial charge in [-0.3, -0.25) is 10.1 Å². The van der Waals surface area contributed by atoms with Crippen LogP contribution in [0.4, 0.5) is 11.5 Å². The highest BCUT2D eigenvalue weighted by Gasteiger charge is 2.09. The Bertz CT molecular complexity index is 400. The third-order valence-electron chi connectivity index (χ3n) is 2.33. The molecule has 0 saturated heterocycles. The molecular formula is C10H15ClN4O2. The van der Waals surface area contributed by atoms with E-state index in [1.54, 1.807) is 0 Å². The van der Waals surface area contributed by atoms with Gasteiger partial charge in [0.05, 0.1) is 17.1 Å². The number of nitrogens with zero attached hydrogens (tertiary/aromatic N) is 3. The van der Waals surface area contributed by atoms with Crippen LogP contribution >= 0.6 is 11.6 Å². The van der Waals surface area contributed by atoms with Crippen molar-refractivity contribution in [2.24, 2.45) is 0 Å². The summed E-state index contributed by atoms with van der Waals surface area (Å²) in [5, 5.41) is 13.7. The molecular weight excluding hydrogens is 244 g/mol. The van der Waals surface area contributed by atoms with Gasteiger partial charge in [0.15, 0.2) is 0 Å². The molecule has 1 N–H and O–H groups in total. The van der Waals surface area contributed by atoms with Gasteiger partial charge in [-0.25, -0.2) is 4.98 Å². The molecule has 1 heterocycles. The van der Waals surface area contributed by atoms with Crippen molar-refractivity contribution in [3.63, 3.8) is 0 Å². The number of likely N-dealkylation sites (N-methyl/N-ethyl adjacent to an activating group) is 1. The lowest BCUT2D eigenvalue weighted by Crippen LogP contribution is -2.24. The summed E-state index contributed by atoms with van der Waals surface area (Å²) < 4.78 is 0. The van der Waals surface area contributed by atoms with E-state index in [1.807, 2.05) is 7.05 Å². The van der Waals surface area contributed by atoms with Gasteiger partial charge in [0.1, 0.15) is 11.0 Å². The van der Waals surface area contributed by atoms with Crippen molar-refractivity contribution in [1.82, 2.24) is 9.88 Å². The number of rotatable bonds is 6. The van der Waals surface area contributed by atoms with Crippen LogP contribution in [0.5, 0.6) is 0 Å². The van der Waals surface area contributed by atoms with Gasteiger partial charge in [0.2, 0.25) is 0 Å². The molecule has 7 heteroatoms. The van der Waals surface area contributed by atoms with Crippen LogP contribution in [0.15, 0.2) is 12.1 Å². The Labute approximate surface area is 105 Å². The van der Waals surface area contributed by atoms with E-state index < -0.39 is 4.92 Å². The average molecular weight is 259 g/mol. The Morgan fingerprint density at radius 2 is 2.29 bits per heavy atom. The lowest BCUT2D eigenvalue weighted by Gasteiger charge is -2.14. The number of halogens is 1.